The first kappa shape index (κ1) is 17.1. The summed E-state index contributed by atoms with van der Waals surface area (Å²) in [5, 5.41) is 3.64. The number of hydrogen-bond acceptors (Lipinski definition) is 6. The Hall–Kier alpha value is -1.70. The largest absolute Gasteiger partial charge is 0.378 e. The minimum Gasteiger partial charge on any atom is -0.378 e. The number of ether oxygens (including phenoxy) is 1. The van der Waals surface area contributed by atoms with E-state index in [-0.39, 0.29) is 17.1 Å². The molecule has 1 atom stereocenters. The van der Waals surface area contributed by atoms with Gasteiger partial charge in [-0.15, -0.1) is 0 Å². The van der Waals surface area contributed by atoms with Crippen LogP contribution in [0, 0.1) is 5.82 Å². The molecule has 1 fully saturated rings. The summed E-state index contributed by atoms with van der Waals surface area (Å²) in [6, 6.07) is 2.73. The summed E-state index contributed by atoms with van der Waals surface area (Å²) >= 11 is 12.5. The molecule has 3 rings (SSSR count). The summed E-state index contributed by atoms with van der Waals surface area (Å²) in [5.41, 5.74) is 0.662. The van der Waals surface area contributed by atoms with Gasteiger partial charge in [-0.1, -0.05) is 11.6 Å². The molecule has 2 aromatic heterocycles. The predicted octanol–water partition coefficient (Wildman–Crippen LogP) is 3.33. The second kappa shape index (κ2) is 7.46. The highest BCUT2D eigenvalue weighted by Gasteiger charge is 2.21. The normalized spacial score (nSPS) is 16.1. The van der Waals surface area contributed by atoms with Gasteiger partial charge in [-0.2, -0.15) is 9.97 Å². The van der Waals surface area contributed by atoms with Gasteiger partial charge in [-0.3, -0.25) is 4.98 Å². The molecular weight excluding hydrogens is 356 g/mol. The Kier molecular flexibility index (Phi) is 5.33. The fraction of sp³-hybridized carbons (Fsp3) is 0.400. The Labute approximate surface area is 149 Å². The van der Waals surface area contributed by atoms with Gasteiger partial charge in [0.2, 0.25) is 5.28 Å². The van der Waals surface area contributed by atoms with Crippen molar-refractivity contribution in [1.82, 2.24) is 15.0 Å². The molecule has 2 aromatic rings. The standard InChI is InChI=1S/C15H16Cl2FN5O/c1-9(11-3-2-10(18)8-19-11)20-13-12(16)14(22-15(17)21-13)23-4-6-24-7-5-23/h2-3,8-9H,4-7H2,1H3,(H,20,21,22). The number of rotatable bonds is 4. The molecule has 0 spiro atoms. The van der Waals surface area contributed by atoms with E-state index in [1.54, 1.807) is 6.07 Å². The van der Waals surface area contributed by atoms with E-state index in [1.807, 2.05) is 11.8 Å². The fourth-order valence-electron chi connectivity index (χ4n) is 2.41. The summed E-state index contributed by atoms with van der Waals surface area (Å²) in [6.07, 6.45) is 1.17. The van der Waals surface area contributed by atoms with Gasteiger partial charge in [0.05, 0.1) is 31.1 Å². The van der Waals surface area contributed by atoms with Crippen LogP contribution in [0.1, 0.15) is 18.7 Å². The summed E-state index contributed by atoms with van der Waals surface area (Å²) in [5.74, 6) is 0.599. The number of aromatic nitrogens is 3. The lowest BCUT2D eigenvalue weighted by molar-refractivity contribution is 0.122. The Morgan fingerprint density at radius 2 is 2.00 bits per heavy atom. The molecule has 0 saturated carbocycles. The predicted molar refractivity (Wildman–Crippen MR) is 91.3 cm³/mol. The molecule has 0 aromatic carbocycles. The number of nitrogens with zero attached hydrogens (tertiary/aromatic N) is 4. The zero-order valence-electron chi connectivity index (χ0n) is 13.0. The molecule has 24 heavy (non-hydrogen) atoms. The van der Waals surface area contributed by atoms with E-state index in [1.165, 1.54) is 12.3 Å². The maximum atomic E-state index is 13.0. The molecule has 0 bridgehead atoms. The van der Waals surface area contributed by atoms with E-state index in [9.17, 15) is 4.39 Å². The third kappa shape index (κ3) is 3.85. The van der Waals surface area contributed by atoms with Gasteiger partial charge in [0, 0.05) is 13.1 Å². The number of anilines is 2. The first-order valence-electron chi connectivity index (χ1n) is 7.48. The quantitative estimate of drug-likeness (QED) is 0.831. The Morgan fingerprint density at radius 3 is 2.67 bits per heavy atom. The van der Waals surface area contributed by atoms with Gasteiger partial charge in [0.25, 0.3) is 0 Å². The van der Waals surface area contributed by atoms with Crippen LogP contribution in [0.25, 0.3) is 0 Å². The van der Waals surface area contributed by atoms with Crippen molar-refractivity contribution >= 4 is 34.8 Å². The lowest BCUT2D eigenvalue weighted by Gasteiger charge is -2.29. The van der Waals surface area contributed by atoms with Crippen LogP contribution in [-0.4, -0.2) is 41.3 Å². The maximum absolute atomic E-state index is 13.0. The van der Waals surface area contributed by atoms with E-state index < -0.39 is 0 Å². The number of hydrogen-bond donors (Lipinski definition) is 1. The molecular formula is C15H16Cl2FN5O. The van der Waals surface area contributed by atoms with Crippen LogP contribution in [-0.2, 0) is 4.74 Å². The van der Waals surface area contributed by atoms with Gasteiger partial charge in [0.1, 0.15) is 10.8 Å². The summed E-state index contributed by atoms with van der Waals surface area (Å²) in [6.45, 7) is 4.46. The summed E-state index contributed by atoms with van der Waals surface area (Å²) in [4.78, 5) is 14.5. The second-order valence-electron chi connectivity index (χ2n) is 5.35. The number of halogens is 3. The smallest absolute Gasteiger partial charge is 0.226 e. The Bertz CT molecular complexity index is 710. The van der Waals surface area contributed by atoms with Gasteiger partial charge in [-0.05, 0) is 30.7 Å². The van der Waals surface area contributed by atoms with Crippen LogP contribution < -0.4 is 10.2 Å². The van der Waals surface area contributed by atoms with E-state index >= 15 is 0 Å². The Morgan fingerprint density at radius 1 is 1.25 bits per heavy atom. The average molecular weight is 372 g/mol. The maximum Gasteiger partial charge on any atom is 0.226 e. The van der Waals surface area contributed by atoms with Crippen molar-refractivity contribution in [2.45, 2.75) is 13.0 Å². The molecule has 1 aliphatic heterocycles. The van der Waals surface area contributed by atoms with Gasteiger partial charge >= 0.3 is 0 Å². The summed E-state index contributed by atoms with van der Waals surface area (Å²) in [7, 11) is 0. The van der Waals surface area contributed by atoms with Crippen molar-refractivity contribution in [3.8, 4) is 0 Å². The molecule has 0 aliphatic carbocycles. The van der Waals surface area contributed by atoms with E-state index in [0.717, 1.165) is 0 Å². The number of nitrogens with one attached hydrogen (secondary N) is 1. The SMILES string of the molecule is CC(Nc1nc(Cl)nc(N2CCOCC2)c1Cl)c1ccc(F)cn1. The molecule has 6 nitrogen and oxygen atoms in total. The topological polar surface area (TPSA) is 63.2 Å². The molecule has 1 saturated heterocycles. The highest BCUT2D eigenvalue weighted by atomic mass is 35.5. The third-order valence-corrected chi connectivity index (χ3v) is 4.18. The average Bonchev–Trinajstić information content (AvgIpc) is 2.59. The zero-order valence-corrected chi connectivity index (χ0v) is 14.5. The molecule has 9 heteroatoms. The highest BCUT2D eigenvalue weighted by molar-refractivity contribution is 6.36. The first-order chi connectivity index (χ1) is 11.5. The van der Waals surface area contributed by atoms with Crippen molar-refractivity contribution in [3.05, 3.63) is 40.1 Å². The highest BCUT2D eigenvalue weighted by Crippen LogP contribution is 2.33. The lowest BCUT2D eigenvalue weighted by atomic mass is 10.2. The zero-order chi connectivity index (χ0) is 17.1. The minimum absolute atomic E-state index is 0.0997. The van der Waals surface area contributed by atoms with Crippen molar-refractivity contribution in [1.29, 1.82) is 0 Å². The van der Waals surface area contributed by atoms with Crippen molar-refractivity contribution in [2.75, 3.05) is 36.5 Å². The van der Waals surface area contributed by atoms with Crippen molar-refractivity contribution < 1.29 is 9.13 Å². The van der Waals surface area contributed by atoms with E-state index in [4.69, 9.17) is 27.9 Å². The summed E-state index contributed by atoms with van der Waals surface area (Å²) < 4.78 is 18.3. The van der Waals surface area contributed by atoms with E-state index in [2.05, 4.69) is 20.3 Å². The lowest BCUT2D eigenvalue weighted by Crippen LogP contribution is -2.37. The first-order valence-corrected chi connectivity index (χ1v) is 8.24. The second-order valence-corrected chi connectivity index (χ2v) is 6.06. The van der Waals surface area contributed by atoms with E-state index in [0.29, 0.717) is 48.7 Å². The molecule has 1 aliphatic rings. The molecule has 1 unspecified atom stereocenters. The third-order valence-electron chi connectivity index (χ3n) is 3.66. The molecule has 128 valence electrons. The van der Waals surface area contributed by atoms with Gasteiger partial charge in [-0.25, -0.2) is 4.39 Å². The van der Waals surface area contributed by atoms with Crippen LogP contribution in [0.2, 0.25) is 10.3 Å². The number of pyridine rings is 1. The minimum atomic E-state index is -0.385. The molecule has 3 heterocycles. The fourth-order valence-corrected chi connectivity index (χ4v) is 2.83. The number of morpholine rings is 1. The van der Waals surface area contributed by atoms with Gasteiger partial charge in [0.15, 0.2) is 11.6 Å². The van der Waals surface area contributed by atoms with Crippen molar-refractivity contribution in [2.24, 2.45) is 0 Å². The van der Waals surface area contributed by atoms with Crippen LogP contribution in [0.15, 0.2) is 18.3 Å². The molecule has 0 amide bonds. The van der Waals surface area contributed by atoms with Crippen LogP contribution in [0.3, 0.4) is 0 Å². The Balaban J connectivity index is 1.84. The van der Waals surface area contributed by atoms with Crippen LogP contribution in [0.5, 0.6) is 0 Å². The van der Waals surface area contributed by atoms with Gasteiger partial charge < -0.3 is 15.0 Å². The van der Waals surface area contributed by atoms with Crippen LogP contribution >= 0.6 is 23.2 Å². The molecule has 0 radical (unpaired) electrons. The molecule has 1 N–H and O–H groups in total. The van der Waals surface area contributed by atoms with Crippen molar-refractivity contribution in [3.63, 3.8) is 0 Å². The van der Waals surface area contributed by atoms with Crippen LogP contribution in [0.4, 0.5) is 16.0 Å². The monoisotopic (exact) mass is 371 g/mol.